The molecule has 15 heavy (non-hydrogen) atoms. The Morgan fingerprint density at radius 3 is 2.47 bits per heavy atom. The van der Waals surface area contributed by atoms with Crippen molar-refractivity contribution in [2.24, 2.45) is 0 Å². The molecular weight excluding hydrogens is 216 g/mol. The Balaban J connectivity index is 2.51. The molecule has 0 aliphatic carbocycles. The number of hydrogen-bond donors (Lipinski definition) is 1. The molecule has 2 rings (SSSR count). The van der Waals surface area contributed by atoms with E-state index >= 15 is 0 Å². The molecular formula is C10H8O4S. The summed E-state index contributed by atoms with van der Waals surface area (Å²) in [4.78, 5) is 23.3. The minimum Gasteiger partial charge on any atom is -0.458 e. The average Bonchev–Trinajstić information content (AvgIpc) is 2.28. The number of thiol groups is 1. The molecule has 1 aromatic carbocycles. The molecule has 4 nitrogen and oxygen atoms in total. The molecule has 0 atom stereocenters. The van der Waals surface area contributed by atoms with Gasteiger partial charge in [-0.15, -0.1) is 12.6 Å². The largest absolute Gasteiger partial charge is 0.458 e. The fourth-order valence-electron chi connectivity index (χ4n) is 1.26. The predicted molar refractivity (Wildman–Crippen MR) is 54.3 cm³/mol. The highest BCUT2D eigenvalue weighted by molar-refractivity contribution is 7.80. The lowest BCUT2D eigenvalue weighted by atomic mass is 10.1. The third-order valence-electron chi connectivity index (χ3n) is 2.00. The number of fused-ring (bicyclic) bond motifs is 2. The van der Waals surface area contributed by atoms with Crippen LogP contribution in [-0.4, -0.2) is 25.2 Å². The topological polar surface area (TPSA) is 52.6 Å². The van der Waals surface area contributed by atoms with Crippen molar-refractivity contribution in [3.8, 4) is 0 Å². The number of rotatable bonds is 0. The van der Waals surface area contributed by atoms with Crippen molar-refractivity contribution in [2.45, 2.75) is 4.90 Å². The Kier molecular flexibility index (Phi) is 2.64. The van der Waals surface area contributed by atoms with Crippen molar-refractivity contribution in [3.63, 3.8) is 0 Å². The van der Waals surface area contributed by atoms with E-state index in [0.29, 0.717) is 10.5 Å². The Morgan fingerprint density at radius 2 is 1.73 bits per heavy atom. The summed E-state index contributed by atoms with van der Waals surface area (Å²) in [5.41, 5.74) is 0.622. The zero-order chi connectivity index (χ0) is 10.8. The maximum absolute atomic E-state index is 11.5. The van der Waals surface area contributed by atoms with Crippen molar-refractivity contribution < 1.29 is 19.1 Å². The Morgan fingerprint density at radius 1 is 1.07 bits per heavy atom. The smallest absolute Gasteiger partial charge is 0.339 e. The quantitative estimate of drug-likeness (QED) is 0.533. The van der Waals surface area contributed by atoms with Gasteiger partial charge in [0.05, 0.1) is 11.1 Å². The standard InChI is InChI=1S/C10H8O4S/c11-9-6-1-2-8(15)7(5-6)10(12)14-4-3-13-9/h1-2,5,15H,3-4H2. The zero-order valence-corrected chi connectivity index (χ0v) is 8.62. The lowest BCUT2D eigenvalue weighted by molar-refractivity contribution is 0.0275. The number of carbonyl (C=O) groups is 2. The first-order valence-corrected chi connectivity index (χ1v) is 4.80. The van der Waals surface area contributed by atoms with Crippen LogP contribution in [0.2, 0.25) is 0 Å². The molecule has 1 aliphatic heterocycles. The molecule has 0 saturated heterocycles. The average molecular weight is 224 g/mol. The third kappa shape index (κ3) is 1.97. The summed E-state index contributed by atoms with van der Waals surface area (Å²) < 4.78 is 9.71. The molecule has 0 spiro atoms. The Hall–Kier alpha value is -1.49. The molecule has 5 heteroatoms. The first-order chi connectivity index (χ1) is 7.18. The van der Waals surface area contributed by atoms with Gasteiger partial charge in [-0.2, -0.15) is 0 Å². The minimum atomic E-state index is -0.486. The van der Waals surface area contributed by atoms with Gasteiger partial charge in [-0.3, -0.25) is 0 Å². The van der Waals surface area contributed by atoms with E-state index in [2.05, 4.69) is 12.6 Å². The normalized spacial score (nSPS) is 15.8. The molecule has 0 N–H and O–H groups in total. The summed E-state index contributed by atoms with van der Waals surface area (Å²) >= 11 is 4.11. The Bertz CT molecular complexity index is 427. The van der Waals surface area contributed by atoms with Crippen LogP contribution in [0.5, 0.6) is 0 Å². The third-order valence-corrected chi connectivity index (χ3v) is 2.39. The second-order valence-corrected chi connectivity index (χ2v) is 3.49. The summed E-state index contributed by atoms with van der Waals surface area (Å²) in [5.74, 6) is -0.942. The van der Waals surface area contributed by atoms with Crippen LogP contribution in [-0.2, 0) is 9.47 Å². The number of cyclic esters (lactones) is 2. The van der Waals surface area contributed by atoms with Crippen LogP contribution in [0, 0.1) is 0 Å². The van der Waals surface area contributed by atoms with Crippen molar-refractivity contribution >= 4 is 24.6 Å². The fraction of sp³-hybridized carbons (Fsp3) is 0.200. The van der Waals surface area contributed by atoms with Crippen LogP contribution >= 0.6 is 12.6 Å². The summed E-state index contributed by atoms with van der Waals surface area (Å²) in [7, 11) is 0. The number of carbonyl (C=O) groups excluding carboxylic acids is 2. The molecule has 0 fully saturated rings. The van der Waals surface area contributed by atoms with Gasteiger partial charge in [0, 0.05) is 4.90 Å². The second kappa shape index (κ2) is 3.94. The SMILES string of the molecule is O=C1OCCOC(=O)c2cc1ccc2S. The van der Waals surface area contributed by atoms with E-state index in [1.165, 1.54) is 6.07 Å². The predicted octanol–water partition coefficient (Wildman–Crippen LogP) is 1.30. The van der Waals surface area contributed by atoms with E-state index in [4.69, 9.17) is 9.47 Å². The van der Waals surface area contributed by atoms with Gasteiger partial charge in [-0.1, -0.05) is 0 Å². The van der Waals surface area contributed by atoms with Gasteiger partial charge in [0.25, 0.3) is 0 Å². The van der Waals surface area contributed by atoms with Gasteiger partial charge >= 0.3 is 11.9 Å². The highest BCUT2D eigenvalue weighted by Crippen LogP contribution is 2.18. The van der Waals surface area contributed by atoms with Gasteiger partial charge in [-0.25, -0.2) is 9.59 Å². The zero-order valence-electron chi connectivity index (χ0n) is 7.73. The molecule has 1 heterocycles. The van der Waals surface area contributed by atoms with Crippen LogP contribution in [0.25, 0.3) is 0 Å². The van der Waals surface area contributed by atoms with Crippen molar-refractivity contribution in [3.05, 3.63) is 29.3 Å². The molecule has 0 unspecified atom stereocenters. The van der Waals surface area contributed by atoms with Crippen LogP contribution in [0.15, 0.2) is 23.1 Å². The van der Waals surface area contributed by atoms with Crippen LogP contribution in [0.3, 0.4) is 0 Å². The summed E-state index contributed by atoms with van der Waals surface area (Å²) in [6.45, 7) is 0.140. The molecule has 0 saturated carbocycles. The van der Waals surface area contributed by atoms with Gasteiger partial charge < -0.3 is 9.47 Å². The van der Waals surface area contributed by atoms with Gasteiger partial charge in [0.1, 0.15) is 13.2 Å². The molecule has 1 aromatic rings. The highest BCUT2D eigenvalue weighted by atomic mass is 32.1. The molecule has 0 radical (unpaired) electrons. The monoisotopic (exact) mass is 224 g/mol. The molecule has 78 valence electrons. The van der Waals surface area contributed by atoms with Crippen LogP contribution < -0.4 is 0 Å². The molecule has 2 bridgehead atoms. The summed E-state index contributed by atoms with van der Waals surface area (Å²) in [6.07, 6.45) is 0. The van der Waals surface area contributed by atoms with Crippen molar-refractivity contribution in [1.82, 2.24) is 0 Å². The second-order valence-electron chi connectivity index (χ2n) is 3.00. The number of esters is 2. The van der Waals surface area contributed by atoms with E-state index in [-0.39, 0.29) is 18.8 Å². The minimum absolute atomic E-state index is 0.0657. The maximum Gasteiger partial charge on any atom is 0.339 e. The maximum atomic E-state index is 11.5. The lowest BCUT2D eigenvalue weighted by Crippen LogP contribution is -2.10. The summed E-state index contributed by atoms with van der Waals surface area (Å²) in [6, 6.07) is 4.56. The van der Waals surface area contributed by atoms with Gasteiger partial charge in [0.15, 0.2) is 0 Å². The number of hydrogen-bond acceptors (Lipinski definition) is 5. The van der Waals surface area contributed by atoms with Crippen molar-refractivity contribution in [2.75, 3.05) is 13.2 Å². The van der Waals surface area contributed by atoms with Crippen LogP contribution in [0.4, 0.5) is 0 Å². The molecule has 1 aliphatic rings. The number of benzene rings is 1. The lowest BCUT2D eigenvalue weighted by Gasteiger charge is -2.03. The van der Waals surface area contributed by atoms with E-state index in [1.54, 1.807) is 12.1 Å². The van der Waals surface area contributed by atoms with Crippen molar-refractivity contribution in [1.29, 1.82) is 0 Å². The van der Waals surface area contributed by atoms with Crippen LogP contribution in [0.1, 0.15) is 20.7 Å². The van der Waals surface area contributed by atoms with E-state index in [0.717, 1.165) is 0 Å². The first-order valence-electron chi connectivity index (χ1n) is 4.36. The first kappa shape index (κ1) is 10.0. The summed E-state index contributed by atoms with van der Waals surface area (Å²) in [5, 5.41) is 0. The van der Waals surface area contributed by atoms with Gasteiger partial charge in [0.2, 0.25) is 0 Å². The van der Waals surface area contributed by atoms with E-state index < -0.39 is 11.9 Å². The fourth-order valence-corrected chi connectivity index (χ4v) is 1.49. The number of ether oxygens (including phenoxy) is 2. The Labute approximate surface area is 91.6 Å². The van der Waals surface area contributed by atoms with E-state index in [9.17, 15) is 9.59 Å². The molecule has 0 amide bonds. The van der Waals surface area contributed by atoms with Gasteiger partial charge in [-0.05, 0) is 18.2 Å². The highest BCUT2D eigenvalue weighted by Gasteiger charge is 2.17. The van der Waals surface area contributed by atoms with E-state index in [1.807, 2.05) is 0 Å². The molecule has 0 aromatic heterocycles.